The Labute approximate surface area is 123 Å². The van der Waals surface area contributed by atoms with Gasteiger partial charge in [-0.05, 0) is 24.5 Å². The number of nitrogens with one attached hydrogen (secondary N) is 1. The number of hydrogen-bond acceptors (Lipinski definition) is 4. The molecule has 2 heterocycles. The third-order valence-corrected chi connectivity index (χ3v) is 5.08. The van der Waals surface area contributed by atoms with Gasteiger partial charge in [-0.3, -0.25) is 0 Å². The van der Waals surface area contributed by atoms with Crippen molar-refractivity contribution in [3.8, 4) is 0 Å². The second-order valence-corrected chi connectivity index (χ2v) is 6.32. The molecule has 1 atom stereocenters. The Balaban J connectivity index is 1.75. The molecule has 0 saturated carbocycles. The third-order valence-electron chi connectivity index (χ3n) is 4.11. The maximum absolute atomic E-state index is 4.85. The summed E-state index contributed by atoms with van der Waals surface area (Å²) >= 11 is 1.93. The highest BCUT2D eigenvalue weighted by molar-refractivity contribution is 7.98. The number of rotatable bonds is 3. The van der Waals surface area contributed by atoms with Crippen molar-refractivity contribution in [3.63, 3.8) is 0 Å². The standard InChI is InChI=1S/C16H17N3S/c1-2-17-15-13-8-20-9-14(13)18-16(19-15)12-7-10-5-3-4-6-11(10)12/h3-6,12H,2,7-9H2,1H3,(H,17,18,19). The first kappa shape index (κ1) is 12.2. The van der Waals surface area contributed by atoms with E-state index in [4.69, 9.17) is 9.97 Å². The molecule has 20 heavy (non-hydrogen) atoms. The summed E-state index contributed by atoms with van der Waals surface area (Å²) in [6.45, 7) is 3.03. The Morgan fingerprint density at radius 1 is 1.25 bits per heavy atom. The lowest BCUT2D eigenvalue weighted by Gasteiger charge is -2.29. The molecule has 4 heteroatoms. The highest BCUT2D eigenvalue weighted by Crippen LogP contribution is 2.41. The first-order valence-electron chi connectivity index (χ1n) is 7.16. The van der Waals surface area contributed by atoms with Gasteiger partial charge in [0.05, 0.1) is 5.69 Å². The summed E-state index contributed by atoms with van der Waals surface area (Å²) in [6.07, 6.45) is 1.08. The molecule has 1 N–H and O–H groups in total. The summed E-state index contributed by atoms with van der Waals surface area (Å²) in [6, 6.07) is 8.64. The second kappa shape index (κ2) is 4.77. The van der Waals surface area contributed by atoms with Crippen molar-refractivity contribution < 1.29 is 0 Å². The van der Waals surface area contributed by atoms with E-state index in [2.05, 4.69) is 36.5 Å². The number of anilines is 1. The van der Waals surface area contributed by atoms with Crippen molar-refractivity contribution >= 4 is 17.6 Å². The predicted octanol–water partition coefficient (Wildman–Crippen LogP) is 3.34. The molecule has 0 amide bonds. The van der Waals surface area contributed by atoms with Gasteiger partial charge < -0.3 is 5.32 Å². The maximum Gasteiger partial charge on any atom is 0.138 e. The summed E-state index contributed by atoms with van der Waals surface area (Å²) in [5, 5.41) is 3.41. The fourth-order valence-corrected chi connectivity index (χ4v) is 4.07. The van der Waals surface area contributed by atoms with Gasteiger partial charge in [0.25, 0.3) is 0 Å². The van der Waals surface area contributed by atoms with E-state index in [0.717, 1.165) is 36.1 Å². The van der Waals surface area contributed by atoms with Crippen LogP contribution in [-0.4, -0.2) is 16.5 Å². The van der Waals surface area contributed by atoms with Gasteiger partial charge in [-0.2, -0.15) is 11.8 Å². The van der Waals surface area contributed by atoms with Gasteiger partial charge in [-0.25, -0.2) is 9.97 Å². The Kier molecular flexibility index (Phi) is 2.91. The van der Waals surface area contributed by atoms with Gasteiger partial charge in [0.1, 0.15) is 11.6 Å². The largest absolute Gasteiger partial charge is 0.370 e. The lowest BCUT2D eigenvalue weighted by Crippen LogP contribution is -2.22. The molecule has 0 saturated heterocycles. The number of benzene rings is 1. The van der Waals surface area contributed by atoms with Crippen LogP contribution in [0.1, 0.15) is 41.1 Å². The van der Waals surface area contributed by atoms with Crippen LogP contribution in [0.15, 0.2) is 24.3 Å². The van der Waals surface area contributed by atoms with E-state index in [1.54, 1.807) is 0 Å². The molecule has 0 fully saturated rings. The van der Waals surface area contributed by atoms with Crippen LogP contribution in [0.5, 0.6) is 0 Å². The van der Waals surface area contributed by atoms with E-state index in [-0.39, 0.29) is 0 Å². The van der Waals surface area contributed by atoms with Gasteiger partial charge >= 0.3 is 0 Å². The van der Waals surface area contributed by atoms with Crippen molar-refractivity contribution in [3.05, 3.63) is 52.5 Å². The Bertz CT molecular complexity index is 669. The zero-order valence-corrected chi connectivity index (χ0v) is 12.3. The first-order chi connectivity index (χ1) is 9.86. The van der Waals surface area contributed by atoms with Gasteiger partial charge in [-0.15, -0.1) is 0 Å². The van der Waals surface area contributed by atoms with Gasteiger partial charge in [0.15, 0.2) is 0 Å². The fourth-order valence-electron chi connectivity index (χ4n) is 3.03. The van der Waals surface area contributed by atoms with Crippen LogP contribution in [0, 0.1) is 0 Å². The Morgan fingerprint density at radius 2 is 2.15 bits per heavy atom. The van der Waals surface area contributed by atoms with Crippen molar-refractivity contribution in [2.75, 3.05) is 11.9 Å². The number of thioether (sulfide) groups is 1. The smallest absolute Gasteiger partial charge is 0.138 e. The molecule has 1 aliphatic carbocycles. The third kappa shape index (κ3) is 1.82. The average Bonchev–Trinajstić information content (AvgIpc) is 2.89. The van der Waals surface area contributed by atoms with E-state index in [1.165, 1.54) is 22.4 Å². The molecule has 1 aromatic carbocycles. The lowest BCUT2D eigenvalue weighted by atomic mass is 9.77. The van der Waals surface area contributed by atoms with E-state index in [9.17, 15) is 0 Å². The molecule has 4 rings (SSSR count). The minimum Gasteiger partial charge on any atom is -0.370 e. The summed E-state index contributed by atoms with van der Waals surface area (Å²) in [4.78, 5) is 9.66. The van der Waals surface area contributed by atoms with E-state index in [0.29, 0.717) is 5.92 Å². The molecule has 102 valence electrons. The number of aromatic nitrogens is 2. The monoisotopic (exact) mass is 283 g/mol. The number of nitrogens with zero attached hydrogens (tertiary/aromatic N) is 2. The molecular formula is C16H17N3S. The molecule has 1 aromatic heterocycles. The predicted molar refractivity (Wildman–Crippen MR) is 83.2 cm³/mol. The van der Waals surface area contributed by atoms with Crippen LogP contribution >= 0.6 is 11.8 Å². The van der Waals surface area contributed by atoms with Crippen molar-refractivity contribution in [2.45, 2.75) is 30.8 Å². The normalized spacial score (nSPS) is 19.1. The molecule has 0 radical (unpaired) electrons. The highest BCUT2D eigenvalue weighted by Gasteiger charge is 2.31. The van der Waals surface area contributed by atoms with Crippen LogP contribution in [-0.2, 0) is 17.9 Å². The number of hydrogen-bond donors (Lipinski definition) is 1. The molecule has 3 nitrogen and oxygen atoms in total. The molecule has 2 aliphatic rings. The molecular weight excluding hydrogens is 266 g/mol. The van der Waals surface area contributed by atoms with Crippen molar-refractivity contribution in [1.29, 1.82) is 0 Å². The van der Waals surface area contributed by atoms with Crippen LogP contribution in [0.3, 0.4) is 0 Å². The van der Waals surface area contributed by atoms with Crippen molar-refractivity contribution in [2.24, 2.45) is 0 Å². The molecule has 0 spiro atoms. The van der Waals surface area contributed by atoms with Crippen LogP contribution in [0.25, 0.3) is 0 Å². The van der Waals surface area contributed by atoms with Gasteiger partial charge in [0, 0.05) is 29.5 Å². The SMILES string of the molecule is CCNc1nc(C2Cc3ccccc32)nc2c1CSC2. The van der Waals surface area contributed by atoms with Gasteiger partial charge in [0.2, 0.25) is 0 Å². The summed E-state index contributed by atoms with van der Waals surface area (Å²) < 4.78 is 0. The van der Waals surface area contributed by atoms with Crippen LogP contribution in [0.4, 0.5) is 5.82 Å². The molecule has 2 aromatic rings. The molecule has 1 unspecified atom stereocenters. The minimum absolute atomic E-state index is 0.388. The van der Waals surface area contributed by atoms with Crippen LogP contribution < -0.4 is 5.32 Å². The quantitative estimate of drug-likeness (QED) is 0.937. The van der Waals surface area contributed by atoms with Gasteiger partial charge in [-0.1, -0.05) is 24.3 Å². The minimum atomic E-state index is 0.388. The van der Waals surface area contributed by atoms with E-state index >= 15 is 0 Å². The topological polar surface area (TPSA) is 37.8 Å². The molecule has 0 bridgehead atoms. The Hall–Kier alpha value is -1.55. The fraction of sp³-hybridized carbons (Fsp3) is 0.375. The van der Waals surface area contributed by atoms with E-state index < -0.39 is 0 Å². The van der Waals surface area contributed by atoms with Crippen LogP contribution in [0.2, 0.25) is 0 Å². The lowest BCUT2D eigenvalue weighted by molar-refractivity contribution is 0.656. The zero-order chi connectivity index (χ0) is 13.5. The highest BCUT2D eigenvalue weighted by atomic mass is 32.2. The van der Waals surface area contributed by atoms with Crippen molar-refractivity contribution in [1.82, 2.24) is 9.97 Å². The summed E-state index contributed by atoms with van der Waals surface area (Å²) in [5.41, 5.74) is 5.40. The average molecular weight is 283 g/mol. The summed E-state index contributed by atoms with van der Waals surface area (Å²) in [7, 11) is 0. The second-order valence-electron chi connectivity index (χ2n) is 5.33. The number of fused-ring (bicyclic) bond motifs is 2. The zero-order valence-electron chi connectivity index (χ0n) is 11.5. The Morgan fingerprint density at radius 3 is 3.00 bits per heavy atom. The first-order valence-corrected chi connectivity index (χ1v) is 8.31. The maximum atomic E-state index is 4.85. The molecule has 1 aliphatic heterocycles. The van der Waals surface area contributed by atoms with E-state index in [1.807, 2.05) is 11.8 Å². The summed E-state index contributed by atoms with van der Waals surface area (Å²) in [5.74, 6) is 4.51.